The first-order chi connectivity index (χ1) is 12.4. The Kier molecular flexibility index (Phi) is 3.61. The van der Waals surface area contributed by atoms with Gasteiger partial charge in [0.15, 0.2) is 11.5 Å². The molecule has 0 aliphatic carbocycles. The molecule has 0 spiro atoms. The highest BCUT2D eigenvalue weighted by atomic mass is 32.1. The largest absolute Gasteiger partial charge is 0.444 e. The number of fused-ring (bicyclic) bond motifs is 1. The molecule has 6 nitrogen and oxygen atoms in total. The first-order valence-electron chi connectivity index (χ1n) is 8.40. The molecule has 4 aromatic heterocycles. The molecule has 126 valence electrons. The molecule has 5 rings (SSSR count). The fourth-order valence-electron chi connectivity index (χ4n) is 3.50. The molecule has 0 N–H and O–H groups in total. The van der Waals surface area contributed by atoms with Crippen molar-refractivity contribution in [1.82, 2.24) is 24.5 Å². The number of thiophene rings is 1. The molecule has 1 saturated heterocycles. The van der Waals surface area contributed by atoms with Gasteiger partial charge in [-0.3, -0.25) is 9.30 Å². The maximum Gasteiger partial charge on any atom is 0.236 e. The minimum atomic E-state index is 0.263. The second-order valence-electron chi connectivity index (χ2n) is 6.24. The van der Waals surface area contributed by atoms with Crippen molar-refractivity contribution in [3.63, 3.8) is 0 Å². The predicted octanol–water partition coefficient (Wildman–Crippen LogP) is 3.78. The summed E-state index contributed by atoms with van der Waals surface area (Å²) in [5, 5.41) is 10.8. The zero-order valence-corrected chi connectivity index (χ0v) is 14.4. The smallest absolute Gasteiger partial charge is 0.236 e. The van der Waals surface area contributed by atoms with E-state index in [2.05, 4.69) is 24.5 Å². The van der Waals surface area contributed by atoms with Gasteiger partial charge in [0.25, 0.3) is 0 Å². The van der Waals surface area contributed by atoms with Gasteiger partial charge in [-0.1, -0.05) is 12.1 Å². The van der Waals surface area contributed by atoms with Crippen LogP contribution in [-0.2, 0) is 6.54 Å². The minimum absolute atomic E-state index is 0.263. The van der Waals surface area contributed by atoms with Crippen molar-refractivity contribution in [2.24, 2.45) is 0 Å². The minimum Gasteiger partial charge on any atom is -0.444 e. The highest BCUT2D eigenvalue weighted by Gasteiger charge is 2.30. The van der Waals surface area contributed by atoms with E-state index in [1.165, 1.54) is 0 Å². The molecular weight excluding hydrogens is 334 g/mol. The number of hydrogen-bond donors (Lipinski definition) is 0. The molecule has 7 heteroatoms. The number of rotatable bonds is 4. The van der Waals surface area contributed by atoms with Crippen LogP contribution in [0.1, 0.15) is 30.4 Å². The lowest BCUT2D eigenvalue weighted by atomic mass is 10.2. The molecule has 0 unspecified atom stereocenters. The number of pyridine rings is 1. The molecule has 1 atom stereocenters. The quantitative estimate of drug-likeness (QED) is 0.560. The summed E-state index contributed by atoms with van der Waals surface area (Å²) in [6.45, 7) is 1.80. The highest BCUT2D eigenvalue weighted by molar-refractivity contribution is 7.13. The van der Waals surface area contributed by atoms with Gasteiger partial charge in [-0.25, -0.2) is 4.98 Å². The van der Waals surface area contributed by atoms with Crippen molar-refractivity contribution < 1.29 is 4.42 Å². The van der Waals surface area contributed by atoms with Crippen LogP contribution in [0.5, 0.6) is 0 Å². The summed E-state index contributed by atoms with van der Waals surface area (Å²) in [5.41, 5.74) is 1.86. The summed E-state index contributed by atoms with van der Waals surface area (Å²) in [5.74, 6) is 1.71. The Morgan fingerprint density at radius 3 is 3.12 bits per heavy atom. The zero-order chi connectivity index (χ0) is 16.6. The number of nitrogens with zero attached hydrogens (tertiary/aromatic N) is 5. The molecule has 0 amide bonds. The Labute approximate surface area is 148 Å². The third-order valence-electron chi connectivity index (χ3n) is 4.65. The lowest BCUT2D eigenvalue weighted by Gasteiger charge is -2.21. The van der Waals surface area contributed by atoms with Crippen molar-refractivity contribution in [2.75, 3.05) is 6.54 Å². The normalized spacial score (nSPS) is 18.3. The number of likely N-dealkylation sites (tertiary alicyclic amines) is 1. The summed E-state index contributed by atoms with van der Waals surface area (Å²) in [7, 11) is 0. The average molecular weight is 351 g/mol. The Hall–Kier alpha value is -2.51. The molecule has 0 saturated carbocycles. The van der Waals surface area contributed by atoms with E-state index in [9.17, 15) is 0 Å². The Morgan fingerprint density at radius 2 is 2.20 bits per heavy atom. The Bertz CT molecular complexity index is 990. The predicted molar refractivity (Wildman–Crippen MR) is 95.2 cm³/mol. The maximum absolute atomic E-state index is 5.65. The van der Waals surface area contributed by atoms with E-state index in [1.807, 2.05) is 41.9 Å². The molecule has 0 aromatic carbocycles. The van der Waals surface area contributed by atoms with Crippen LogP contribution in [-0.4, -0.2) is 31.0 Å². The maximum atomic E-state index is 5.65. The Morgan fingerprint density at radius 1 is 1.20 bits per heavy atom. The van der Waals surface area contributed by atoms with Crippen LogP contribution in [0.25, 0.3) is 16.4 Å². The van der Waals surface area contributed by atoms with Gasteiger partial charge >= 0.3 is 0 Å². The molecule has 0 bridgehead atoms. The summed E-state index contributed by atoms with van der Waals surface area (Å²) < 4.78 is 7.74. The van der Waals surface area contributed by atoms with E-state index < -0.39 is 0 Å². The highest BCUT2D eigenvalue weighted by Crippen LogP contribution is 2.33. The van der Waals surface area contributed by atoms with E-state index in [-0.39, 0.29) is 6.04 Å². The molecule has 4 aromatic rings. The van der Waals surface area contributed by atoms with E-state index in [0.717, 1.165) is 48.0 Å². The average Bonchev–Trinajstić information content (AvgIpc) is 3.42. The van der Waals surface area contributed by atoms with E-state index in [0.29, 0.717) is 5.89 Å². The van der Waals surface area contributed by atoms with Gasteiger partial charge in [-0.15, -0.1) is 21.5 Å². The van der Waals surface area contributed by atoms with Gasteiger partial charge in [-0.05, 0) is 43.0 Å². The van der Waals surface area contributed by atoms with Crippen LogP contribution in [0.4, 0.5) is 0 Å². The third kappa shape index (κ3) is 2.65. The molecular formula is C18H17N5OS. The fraction of sp³-hybridized carbons (Fsp3) is 0.278. The van der Waals surface area contributed by atoms with Crippen molar-refractivity contribution in [1.29, 1.82) is 0 Å². The monoisotopic (exact) mass is 351 g/mol. The van der Waals surface area contributed by atoms with Gasteiger partial charge in [0.1, 0.15) is 6.26 Å². The van der Waals surface area contributed by atoms with Crippen molar-refractivity contribution in [2.45, 2.75) is 25.4 Å². The van der Waals surface area contributed by atoms with E-state index in [1.54, 1.807) is 17.6 Å². The van der Waals surface area contributed by atoms with Crippen LogP contribution in [0.3, 0.4) is 0 Å². The molecule has 0 radical (unpaired) electrons. The standard InChI is InChI=1S/C18H17N5OS/c1-2-9-23-16(7-1)20-21-17(23)14-5-3-8-22(14)11-13-12-24-18(19-13)15-6-4-10-25-15/h1-2,4,6-7,9-10,12,14H,3,5,8,11H2/t14-/m1/s1. The van der Waals surface area contributed by atoms with E-state index in [4.69, 9.17) is 4.42 Å². The Balaban J connectivity index is 1.40. The second kappa shape index (κ2) is 6.09. The number of aromatic nitrogens is 4. The number of hydrogen-bond acceptors (Lipinski definition) is 6. The molecule has 1 aliphatic rings. The van der Waals surface area contributed by atoms with Gasteiger partial charge in [-0.2, -0.15) is 0 Å². The SMILES string of the molecule is c1csc(-c2nc(CN3CCC[C@@H]3c3nnc4ccccn34)co2)c1. The van der Waals surface area contributed by atoms with Gasteiger partial charge in [0, 0.05) is 12.7 Å². The first-order valence-corrected chi connectivity index (χ1v) is 9.28. The lowest BCUT2D eigenvalue weighted by Crippen LogP contribution is -2.24. The van der Waals surface area contributed by atoms with Gasteiger partial charge < -0.3 is 4.42 Å². The van der Waals surface area contributed by atoms with Crippen LogP contribution in [0.15, 0.2) is 52.6 Å². The van der Waals surface area contributed by atoms with Crippen LogP contribution >= 0.6 is 11.3 Å². The summed E-state index contributed by atoms with van der Waals surface area (Å²) >= 11 is 1.64. The van der Waals surface area contributed by atoms with Crippen molar-refractivity contribution in [3.8, 4) is 10.8 Å². The third-order valence-corrected chi connectivity index (χ3v) is 5.51. The fourth-order valence-corrected chi connectivity index (χ4v) is 4.15. The van der Waals surface area contributed by atoms with Gasteiger partial charge in [0.2, 0.25) is 5.89 Å². The van der Waals surface area contributed by atoms with Crippen LogP contribution in [0.2, 0.25) is 0 Å². The molecule has 1 fully saturated rings. The second-order valence-corrected chi connectivity index (χ2v) is 7.18. The summed E-state index contributed by atoms with van der Waals surface area (Å²) in [6, 6.07) is 10.3. The van der Waals surface area contributed by atoms with E-state index >= 15 is 0 Å². The zero-order valence-electron chi connectivity index (χ0n) is 13.6. The summed E-state index contributed by atoms with van der Waals surface area (Å²) in [6.07, 6.45) is 6.05. The van der Waals surface area contributed by atoms with Crippen LogP contribution < -0.4 is 0 Å². The van der Waals surface area contributed by atoms with Crippen molar-refractivity contribution >= 4 is 17.0 Å². The topological polar surface area (TPSA) is 59.5 Å². The molecule has 5 heterocycles. The number of oxazole rings is 1. The molecule has 25 heavy (non-hydrogen) atoms. The first kappa shape index (κ1) is 14.8. The van der Waals surface area contributed by atoms with Crippen LogP contribution in [0, 0.1) is 0 Å². The summed E-state index contributed by atoms with van der Waals surface area (Å²) in [4.78, 5) is 8.13. The lowest BCUT2D eigenvalue weighted by molar-refractivity contribution is 0.236. The van der Waals surface area contributed by atoms with Crippen molar-refractivity contribution in [3.05, 3.63) is 59.7 Å². The van der Waals surface area contributed by atoms with Gasteiger partial charge in [0.05, 0.1) is 16.6 Å². The molecule has 1 aliphatic heterocycles.